The van der Waals surface area contributed by atoms with Crippen molar-refractivity contribution in [3.05, 3.63) is 74.1 Å². The summed E-state index contributed by atoms with van der Waals surface area (Å²) < 4.78 is 2.76. The second-order valence-electron chi connectivity index (χ2n) is 5.22. The van der Waals surface area contributed by atoms with Crippen molar-refractivity contribution >= 4 is 39.1 Å². The van der Waals surface area contributed by atoms with Gasteiger partial charge in [0.2, 0.25) is 5.16 Å². The summed E-state index contributed by atoms with van der Waals surface area (Å²) in [6.07, 6.45) is 0. The first-order valence-electron chi connectivity index (χ1n) is 7.22. The molecule has 0 radical (unpaired) electrons. The van der Waals surface area contributed by atoms with Crippen LogP contribution < -0.4 is 5.43 Å². The fourth-order valence-electron chi connectivity index (χ4n) is 2.41. The Hall–Kier alpha value is -2.65. The molecule has 0 aliphatic carbocycles. The number of hydrogen-bond acceptors (Lipinski definition) is 6. The highest BCUT2D eigenvalue weighted by Crippen LogP contribution is 2.32. The van der Waals surface area contributed by atoms with E-state index in [4.69, 9.17) is 0 Å². The molecular weight excluding hydrogens is 406 g/mol. The van der Waals surface area contributed by atoms with Gasteiger partial charge >= 0.3 is 0 Å². The highest BCUT2D eigenvalue weighted by molar-refractivity contribution is 9.10. The quantitative estimate of drug-likeness (QED) is 0.507. The van der Waals surface area contributed by atoms with Crippen molar-refractivity contribution in [2.75, 3.05) is 5.43 Å². The van der Waals surface area contributed by atoms with Gasteiger partial charge in [0, 0.05) is 33.1 Å². The van der Waals surface area contributed by atoms with E-state index < -0.39 is 4.92 Å². The predicted octanol–water partition coefficient (Wildman–Crippen LogP) is 4.26. The summed E-state index contributed by atoms with van der Waals surface area (Å²) in [5.41, 5.74) is 5.67. The fourth-order valence-corrected chi connectivity index (χ4v) is 3.41. The molecule has 0 fully saturated rings. The normalized spacial score (nSPS) is 12.9. The Morgan fingerprint density at radius 1 is 1.12 bits per heavy atom. The van der Waals surface area contributed by atoms with Gasteiger partial charge in [0.25, 0.3) is 5.69 Å². The molecule has 0 spiro atoms. The van der Waals surface area contributed by atoms with Gasteiger partial charge in [0.05, 0.1) is 10.6 Å². The van der Waals surface area contributed by atoms with Crippen LogP contribution >= 0.6 is 27.7 Å². The van der Waals surface area contributed by atoms with E-state index in [-0.39, 0.29) is 5.69 Å². The van der Waals surface area contributed by atoms with Gasteiger partial charge in [0.15, 0.2) is 5.82 Å². The Labute approximate surface area is 155 Å². The number of nitro benzene ring substituents is 1. The number of rotatable bonds is 3. The van der Waals surface area contributed by atoms with E-state index >= 15 is 0 Å². The molecule has 1 aliphatic rings. The average molecular weight is 416 g/mol. The van der Waals surface area contributed by atoms with E-state index in [9.17, 15) is 10.1 Å². The van der Waals surface area contributed by atoms with Crippen LogP contribution in [0.25, 0.3) is 17.1 Å². The monoisotopic (exact) mass is 415 g/mol. The third-order valence-electron chi connectivity index (χ3n) is 3.62. The van der Waals surface area contributed by atoms with E-state index in [1.807, 2.05) is 35.7 Å². The summed E-state index contributed by atoms with van der Waals surface area (Å²) >= 11 is 4.83. The van der Waals surface area contributed by atoms with E-state index in [2.05, 4.69) is 31.6 Å². The topological polar surface area (TPSA) is 85.9 Å². The molecule has 9 heteroatoms. The summed E-state index contributed by atoms with van der Waals surface area (Å²) in [5, 5.41) is 22.0. The van der Waals surface area contributed by atoms with Crippen molar-refractivity contribution in [1.29, 1.82) is 0 Å². The van der Waals surface area contributed by atoms with Gasteiger partial charge < -0.3 is 0 Å². The molecule has 3 aromatic rings. The molecule has 0 saturated heterocycles. The summed E-state index contributed by atoms with van der Waals surface area (Å²) in [7, 11) is 0. The maximum Gasteiger partial charge on any atom is 0.270 e. The molecule has 7 nitrogen and oxygen atoms in total. The smallest absolute Gasteiger partial charge is 0.270 e. The van der Waals surface area contributed by atoms with E-state index in [0.29, 0.717) is 11.0 Å². The van der Waals surface area contributed by atoms with Crippen molar-refractivity contribution < 1.29 is 4.92 Å². The largest absolute Gasteiger partial charge is 0.289 e. The lowest BCUT2D eigenvalue weighted by molar-refractivity contribution is -0.384. The molecule has 124 valence electrons. The van der Waals surface area contributed by atoms with Crippen molar-refractivity contribution in [2.45, 2.75) is 5.16 Å². The number of fused-ring (bicyclic) bond motifs is 1. The maximum absolute atomic E-state index is 11.0. The Kier molecular flexibility index (Phi) is 4.02. The Bertz CT molecular complexity index is 1000. The lowest BCUT2D eigenvalue weighted by Gasteiger charge is -2.19. The molecule has 25 heavy (non-hydrogen) atoms. The van der Waals surface area contributed by atoms with Gasteiger partial charge in [-0.3, -0.25) is 15.5 Å². The Morgan fingerprint density at radius 3 is 2.68 bits per heavy atom. The second-order valence-corrected chi connectivity index (χ2v) is 6.97. The molecular formula is C16H10BrN5O2S. The first kappa shape index (κ1) is 15.9. The van der Waals surface area contributed by atoms with Crippen LogP contribution in [0.2, 0.25) is 0 Å². The van der Waals surface area contributed by atoms with Crippen LogP contribution in [-0.4, -0.2) is 19.8 Å². The van der Waals surface area contributed by atoms with Gasteiger partial charge in [0.1, 0.15) is 0 Å². The van der Waals surface area contributed by atoms with Crippen LogP contribution in [0.1, 0.15) is 5.56 Å². The number of thioether (sulfide) groups is 1. The number of non-ortho nitro benzene ring substituents is 1. The zero-order chi connectivity index (χ0) is 17.4. The van der Waals surface area contributed by atoms with E-state index in [0.717, 1.165) is 21.3 Å². The Balaban J connectivity index is 1.69. The van der Waals surface area contributed by atoms with Crippen LogP contribution in [0.15, 0.2) is 63.6 Å². The zero-order valence-electron chi connectivity index (χ0n) is 12.6. The van der Waals surface area contributed by atoms with Gasteiger partial charge in [-0.15, -0.1) is 10.2 Å². The first-order chi connectivity index (χ1) is 12.1. The average Bonchev–Trinajstić information content (AvgIpc) is 3.05. The van der Waals surface area contributed by atoms with E-state index in [1.54, 1.807) is 10.7 Å². The number of nitrogens with one attached hydrogen (secondary N) is 1. The third-order valence-corrected chi connectivity index (χ3v) is 4.98. The molecule has 1 aromatic heterocycles. The highest BCUT2D eigenvalue weighted by atomic mass is 79.9. The molecule has 4 rings (SSSR count). The Morgan fingerprint density at radius 2 is 1.92 bits per heavy atom. The van der Waals surface area contributed by atoms with Gasteiger partial charge in [-0.2, -0.15) is 0 Å². The lowest BCUT2D eigenvalue weighted by Crippen LogP contribution is -2.18. The van der Waals surface area contributed by atoms with Crippen molar-refractivity contribution in [3.8, 4) is 11.4 Å². The van der Waals surface area contributed by atoms with Crippen LogP contribution in [0.4, 0.5) is 5.69 Å². The second kappa shape index (κ2) is 6.34. The fraction of sp³-hybridized carbons (Fsp3) is 0. The van der Waals surface area contributed by atoms with Gasteiger partial charge in [-0.25, -0.2) is 4.68 Å². The summed E-state index contributed by atoms with van der Waals surface area (Å²) in [4.78, 5) is 10.6. The molecule has 0 atom stereocenters. The van der Waals surface area contributed by atoms with Gasteiger partial charge in [-0.05, 0) is 12.1 Å². The summed E-state index contributed by atoms with van der Waals surface area (Å²) in [5.74, 6) is 0.672. The van der Waals surface area contributed by atoms with Crippen LogP contribution in [0.3, 0.4) is 0 Å². The van der Waals surface area contributed by atoms with Crippen molar-refractivity contribution in [1.82, 2.24) is 14.9 Å². The number of hydrogen-bond donors (Lipinski definition) is 1. The number of benzene rings is 2. The SMILES string of the molecule is O=[N+]([O-])c1cccc(C2=CSc3nnc(-c4ccc(Br)cc4)n3N2)c1. The first-order valence-corrected chi connectivity index (χ1v) is 8.89. The summed E-state index contributed by atoms with van der Waals surface area (Å²) in [6, 6.07) is 14.2. The molecule has 0 bridgehead atoms. The third kappa shape index (κ3) is 3.03. The van der Waals surface area contributed by atoms with Crippen molar-refractivity contribution in [3.63, 3.8) is 0 Å². The van der Waals surface area contributed by atoms with Crippen LogP contribution in [0.5, 0.6) is 0 Å². The predicted molar refractivity (Wildman–Crippen MR) is 99.4 cm³/mol. The maximum atomic E-state index is 11.0. The number of aromatic nitrogens is 3. The standard InChI is InChI=1S/C16H10BrN5O2S/c17-12-6-4-10(5-7-12)15-18-19-16-21(15)20-14(9-25-16)11-2-1-3-13(8-11)22(23)24/h1-9,20H. The minimum atomic E-state index is -0.405. The molecule has 1 aliphatic heterocycles. The minimum absolute atomic E-state index is 0.0490. The van der Waals surface area contributed by atoms with Crippen molar-refractivity contribution in [2.24, 2.45) is 0 Å². The summed E-state index contributed by atoms with van der Waals surface area (Å²) in [6.45, 7) is 0. The molecule has 2 aromatic carbocycles. The number of halogens is 1. The highest BCUT2D eigenvalue weighted by Gasteiger charge is 2.20. The molecule has 1 N–H and O–H groups in total. The molecule has 0 amide bonds. The lowest BCUT2D eigenvalue weighted by atomic mass is 10.1. The van der Waals surface area contributed by atoms with Crippen LogP contribution in [0, 0.1) is 10.1 Å². The van der Waals surface area contributed by atoms with E-state index in [1.165, 1.54) is 23.9 Å². The molecule has 0 saturated carbocycles. The molecule has 2 heterocycles. The number of nitrogens with zero attached hydrogens (tertiary/aromatic N) is 4. The van der Waals surface area contributed by atoms with Crippen LogP contribution in [-0.2, 0) is 0 Å². The number of nitro groups is 1. The minimum Gasteiger partial charge on any atom is -0.289 e. The molecule has 0 unspecified atom stereocenters. The zero-order valence-corrected chi connectivity index (χ0v) is 15.0. The van der Waals surface area contributed by atoms with Gasteiger partial charge in [-0.1, -0.05) is 52.0 Å².